The van der Waals surface area contributed by atoms with Gasteiger partial charge in [0.25, 0.3) is 0 Å². The molecule has 0 rings (SSSR count). The first kappa shape index (κ1) is 2.64. The number of hydrogen-bond acceptors (Lipinski definition) is 1. The third-order valence-corrected chi connectivity index (χ3v) is 0.235. The van der Waals surface area contributed by atoms with Crippen molar-refractivity contribution in [2.24, 2.45) is 0 Å². The lowest BCUT2D eigenvalue weighted by atomic mass is 10.6. The van der Waals surface area contributed by atoms with Gasteiger partial charge in [-0.15, -0.1) is 0 Å². The Morgan fingerprint density at radius 2 is 2.60 bits per heavy atom. The van der Waals surface area contributed by atoms with Gasteiger partial charge < -0.3 is 0 Å². The van der Waals surface area contributed by atoms with E-state index in [9.17, 15) is 4.79 Å². The van der Waals surface area contributed by atoms with E-state index in [2.05, 4.69) is 0 Å². The summed E-state index contributed by atoms with van der Waals surface area (Å²) < 4.78 is 6.25. The van der Waals surface area contributed by atoms with E-state index < -0.39 is 6.26 Å². The highest BCUT2D eigenvalue weighted by Crippen LogP contribution is 1.55. The van der Waals surface area contributed by atoms with Gasteiger partial charge in [-0.05, 0) is 13.0 Å². The first-order valence-electron chi connectivity index (χ1n) is 1.90. The number of hydrogen-bond donors (Lipinski definition) is 0. The molecule has 0 aliphatic carbocycles. The molecule has 1 heteroatoms. The zero-order chi connectivity index (χ0) is 4.99. The lowest BCUT2D eigenvalue weighted by Crippen LogP contribution is -1.50. The van der Waals surface area contributed by atoms with Crippen LogP contribution in [-0.4, -0.2) is 6.26 Å². The lowest BCUT2D eigenvalue weighted by molar-refractivity contribution is -0.104. The molecular weight excluding hydrogens is 64.0 g/mol. The summed E-state index contributed by atoms with van der Waals surface area (Å²) in [5, 5.41) is 0. The van der Waals surface area contributed by atoms with Crippen LogP contribution >= 0.6 is 0 Å². The molecule has 0 radical (unpaired) electrons. The van der Waals surface area contributed by atoms with Gasteiger partial charge in [0.1, 0.15) is 7.63 Å². The highest BCUT2D eigenvalue weighted by molar-refractivity contribution is 5.64. The first-order valence-corrected chi connectivity index (χ1v) is 1.40. The van der Waals surface area contributed by atoms with Gasteiger partial charge in [-0.2, -0.15) is 0 Å². The van der Waals surface area contributed by atoms with Crippen LogP contribution in [0.4, 0.5) is 0 Å². The Morgan fingerprint density at radius 1 is 2.00 bits per heavy atom. The number of rotatable bonds is 1. The van der Waals surface area contributed by atoms with E-state index in [0.717, 1.165) is 0 Å². The van der Waals surface area contributed by atoms with E-state index in [1.807, 2.05) is 0 Å². The molecule has 0 fully saturated rings. The van der Waals surface area contributed by atoms with Gasteiger partial charge in [-0.25, -0.2) is 0 Å². The van der Waals surface area contributed by atoms with Crippen LogP contribution in [0, 0.1) is 0 Å². The summed E-state index contributed by atoms with van der Waals surface area (Å²) >= 11 is 0. The molecule has 0 aliphatic rings. The molecule has 0 aromatic rings. The number of allylic oxidation sites excluding steroid dienone is 2. The van der Waals surface area contributed by atoms with Crippen molar-refractivity contribution in [1.82, 2.24) is 0 Å². The maximum Gasteiger partial charge on any atom is 0.142 e. The molecule has 0 aliphatic heterocycles. The molecule has 28 valence electrons. The van der Waals surface area contributed by atoms with E-state index >= 15 is 0 Å². The molecule has 0 bridgehead atoms. The van der Waals surface area contributed by atoms with Crippen LogP contribution in [0.15, 0.2) is 12.2 Å². The van der Waals surface area contributed by atoms with E-state index in [1.54, 1.807) is 6.92 Å². The summed E-state index contributed by atoms with van der Waals surface area (Å²) in [6.07, 6.45) is 2.09. The predicted octanol–water partition coefficient (Wildman–Crippen LogP) is 0.761. The Bertz CT molecular complexity index is 75.6. The van der Waals surface area contributed by atoms with E-state index in [1.165, 1.54) is 12.2 Å². The highest BCUT2D eigenvalue weighted by atomic mass is 16.1. The zero-order valence-corrected chi connectivity index (χ0v) is 3.06. The van der Waals surface area contributed by atoms with Crippen molar-refractivity contribution < 1.29 is 6.17 Å². The molecule has 0 amide bonds. The minimum atomic E-state index is -0.641. The SMILES string of the molecule is [2H]C(=O)C=CC. The Hall–Kier alpha value is -0.590. The van der Waals surface area contributed by atoms with Crippen LogP contribution in [0.5, 0.6) is 0 Å². The average Bonchev–Trinajstić information content (AvgIpc) is 1.35. The monoisotopic (exact) mass is 71.0 g/mol. The summed E-state index contributed by atoms with van der Waals surface area (Å²) in [5.74, 6) is 0. The molecule has 0 saturated heterocycles. The van der Waals surface area contributed by atoms with Gasteiger partial charge in [-0.1, -0.05) is 6.08 Å². The predicted molar refractivity (Wildman–Crippen MR) is 20.9 cm³/mol. The second-order valence-electron chi connectivity index (χ2n) is 0.618. The topological polar surface area (TPSA) is 17.1 Å². The maximum absolute atomic E-state index is 9.62. The summed E-state index contributed by atoms with van der Waals surface area (Å²) in [5.41, 5.74) is 0. The smallest absolute Gasteiger partial charge is 0.142 e. The fourth-order valence-corrected chi connectivity index (χ4v) is 0.0680. The van der Waals surface area contributed by atoms with Crippen LogP contribution in [0.2, 0.25) is 0 Å². The van der Waals surface area contributed by atoms with Crippen molar-refractivity contribution >= 4 is 6.26 Å². The van der Waals surface area contributed by atoms with Crippen molar-refractivity contribution in [3.63, 3.8) is 0 Å². The van der Waals surface area contributed by atoms with Crippen molar-refractivity contribution in [3.8, 4) is 0 Å². The number of aldehydes is 1. The largest absolute Gasteiger partial charge is 0.299 e. The summed E-state index contributed by atoms with van der Waals surface area (Å²) in [6.45, 7) is 1.70. The third-order valence-electron chi connectivity index (χ3n) is 0.235. The van der Waals surface area contributed by atoms with Crippen LogP contribution in [0.25, 0.3) is 0 Å². The molecule has 0 N–H and O–H groups in total. The molecule has 0 unspecified atom stereocenters. The van der Waals surface area contributed by atoms with E-state index in [0.29, 0.717) is 0 Å². The molecule has 0 spiro atoms. The lowest BCUT2D eigenvalue weighted by Gasteiger charge is -1.51. The van der Waals surface area contributed by atoms with Gasteiger partial charge in [0.05, 0.1) is 0 Å². The average molecular weight is 71.1 g/mol. The number of carbonyl (C=O) groups is 1. The Kier molecular flexibility index (Phi) is 1.80. The summed E-state index contributed by atoms with van der Waals surface area (Å²) in [6, 6.07) is 0. The highest BCUT2D eigenvalue weighted by Gasteiger charge is 1.48. The Morgan fingerprint density at radius 3 is 2.60 bits per heavy atom. The second kappa shape index (κ2) is 3.41. The minimum Gasteiger partial charge on any atom is -0.299 e. The zero-order valence-electron chi connectivity index (χ0n) is 4.06. The Labute approximate surface area is 32.7 Å². The molecular formula is C4H6O. The van der Waals surface area contributed by atoms with Crippen LogP contribution in [0.3, 0.4) is 0 Å². The van der Waals surface area contributed by atoms with Gasteiger partial charge in [0.2, 0.25) is 0 Å². The van der Waals surface area contributed by atoms with Gasteiger partial charge in [0.15, 0.2) is 0 Å². The summed E-state index contributed by atoms with van der Waals surface area (Å²) in [7, 11) is 0. The molecule has 0 aromatic heterocycles. The molecule has 5 heavy (non-hydrogen) atoms. The quantitative estimate of drug-likeness (QED) is 0.329. The van der Waals surface area contributed by atoms with Crippen molar-refractivity contribution in [3.05, 3.63) is 12.2 Å². The molecule has 0 heterocycles. The third kappa shape index (κ3) is 3.41. The van der Waals surface area contributed by atoms with Crippen molar-refractivity contribution in [1.29, 1.82) is 0 Å². The van der Waals surface area contributed by atoms with E-state index in [4.69, 9.17) is 1.37 Å². The molecule has 1 nitrogen and oxygen atoms in total. The fourth-order valence-electron chi connectivity index (χ4n) is 0.0680. The van der Waals surface area contributed by atoms with Crippen molar-refractivity contribution in [2.45, 2.75) is 6.92 Å². The fraction of sp³-hybridized carbons (Fsp3) is 0.250. The standard InChI is InChI=1S/C4H6O/c1-2-3-4-5/h2-4H,1H3/i4D. The van der Waals surface area contributed by atoms with Gasteiger partial charge in [0, 0.05) is 0 Å². The molecule has 0 atom stereocenters. The maximum atomic E-state index is 9.62. The van der Waals surface area contributed by atoms with Crippen LogP contribution < -0.4 is 0 Å². The second-order valence-corrected chi connectivity index (χ2v) is 0.618. The van der Waals surface area contributed by atoms with Crippen molar-refractivity contribution in [2.75, 3.05) is 0 Å². The molecule has 0 aromatic carbocycles. The number of carbonyl (C=O) groups excluding carboxylic acids is 1. The summed E-state index contributed by atoms with van der Waals surface area (Å²) in [4.78, 5) is 9.62. The van der Waals surface area contributed by atoms with E-state index in [-0.39, 0.29) is 0 Å². The first-order chi connectivity index (χ1) is 2.77. The normalized spacial score (nSPS) is 11.8. The van der Waals surface area contributed by atoms with Gasteiger partial charge >= 0.3 is 0 Å². The molecule has 0 saturated carbocycles. The Balaban J connectivity index is 3.30. The van der Waals surface area contributed by atoms with Crippen LogP contribution in [0.1, 0.15) is 8.29 Å². The van der Waals surface area contributed by atoms with Crippen LogP contribution in [-0.2, 0) is 4.79 Å². The van der Waals surface area contributed by atoms with Gasteiger partial charge in [-0.3, -0.25) is 4.79 Å². The minimum absolute atomic E-state index is 0.641.